The zero-order chi connectivity index (χ0) is 13.9. The Hall–Kier alpha value is -0.950. The van der Waals surface area contributed by atoms with E-state index >= 15 is 0 Å². The largest absolute Gasteiger partial charge is 0.259 e. The van der Waals surface area contributed by atoms with E-state index in [1.54, 1.807) is 30.5 Å². The maximum absolute atomic E-state index is 12.1. The second-order valence-electron chi connectivity index (χ2n) is 3.72. The quantitative estimate of drug-likeness (QED) is 0.911. The normalized spacial score (nSPS) is 11.5. The van der Waals surface area contributed by atoms with E-state index in [0.29, 0.717) is 5.69 Å². The molecule has 0 fully saturated rings. The molecule has 0 saturated heterocycles. The van der Waals surface area contributed by atoms with Crippen molar-refractivity contribution in [3.8, 4) is 0 Å². The van der Waals surface area contributed by atoms with E-state index in [-0.39, 0.29) is 16.5 Å². The van der Waals surface area contributed by atoms with E-state index in [1.165, 1.54) is 12.1 Å². The van der Waals surface area contributed by atoms with Crippen LogP contribution >= 0.6 is 27.5 Å². The zero-order valence-corrected chi connectivity index (χ0v) is 12.8. The molecule has 0 aliphatic rings. The summed E-state index contributed by atoms with van der Waals surface area (Å²) >= 11 is 9.13. The predicted octanol–water partition coefficient (Wildman–Crippen LogP) is 2.98. The number of hydrogen-bond donors (Lipinski definition) is 1. The average molecular weight is 362 g/mol. The second-order valence-corrected chi connectivity index (χ2v) is 6.78. The number of benzene rings is 1. The van der Waals surface area contributed by atoms with Gasteiger partial charge in [-0.2, -0.15) is 0 Å². The summed E-state index contributed by atoms with van der Waals surface area (Å²) in [6.07, 6.45) is 1.61. The Morgan fingerprint density at radius 3 is 2.58 bits per heavy atom. The number of hydrogen-bond acceptors (Lipinski definition) is 3. The third-order valence-electron chi connectivity index (χ3n) is 2.36. The average Bonchev–Trinajstić information content (AvgIpc) is 2.38. The summed E-state index contributed by atoms with van der Waals surface area (Å²) in [7, 11) is -3.63. The SMILES string of the molecule is O=S(=O)(NCc1ccc(Br)cn1)c1ccccc1Cl. The van der Waals surface area contributed by atoms with Gasteiger partial charge in [0, 0.05) is 10.7 Å². The van der Waals surface area contributed by atoms with Crippen LogP contribution in [0.25, 0.3) is 0 Å². The lowest BCUT2D eigenvalue weighted by Crippen LogP contribution is -2.24. The van der Waals surface area contributed by atoms with Crippen molar-refractivity contribution in [1.82, 2.24) is 9.71 Å². The first-order valence-corrected chi connectivity index (χ1v) is 7.99. The van der Waals surface area contributed by atoms with Gasteiger partial charge < -0.3 is 0 Å². The maximum Gasteiger partial charge on any atom is 0.242 e. The van der Waals surface area contributed by atoms with Gasteiger partial charge in [0.1, 0.15) is 4.90 Å². The molecule has 100 valence electrons. The minimum Gasteiger partial charge on any atom is -0.259 e. The number of pyridine rings is 1. The molecule has 0 aliphatic carbocycles. The van der Waals surface area contributed by atoms with E-state index in [2.05, 4.69) is 25.6 Å². The van der Waals surface area contributed by atoms with Gasteiger partial charge in [0.2, 0.25) is 10.0 Å². The highest BCUT2D eigenvalue weighted by Crippen LogP contribution is 2.20. The first-order valence-electron chi connectivity index (χ1n) is 5.34. The fourth-order valence-electron chi connectivity index (χ4n) is 1.42. The van der Waals surface area contributed by atoms with Gasteiger partial charge in [-0.1, -0.05) is 23.7 Å². The maximum atomic E-state index is 12.1. The molecule has 1 aromatic heterocycles. The van der Waals surface area contributed by atoms with E-state index in [4.69, 9.17) is 11.6 Å². The van der Waals surface area contributed by atoms with Crippen molar-refractivity contribution in [2.75, 3.05) is 0 Å². The second kappa shape index (κ2) is 6.00. The lowest BCUT2D eigenvalue weighted by Gasteiger charge is -2.07. The number of rotatable bonds is 4. The molecule has 0 unspecified atom stereocenters. The summed E-state index contributed by atoms with van der Waals surface area (Å²) in [5, 5.41) is 0.193. The topological polar surface area (TPSA) is 59.1 Å². The molecule has 0 bridgehead atoms. The molecule has 0 atom stereocenters. The first-order chi connectivity index (χ1) is 8.99. The standard InChI is InChI=1S/C12H10BrClN2O2S/c13-9-5-6-10(15-7-9)8-16-19(17,18)12-4-2-1-3-11(12)14/h1-7,16H,8H2. The number of aromatic nitrogens is 1. The van der Waals surface area contributed by atoms with Crippen LogP contribution in [0.4, 0.5) is 0 Å². The molecule has 0 saturated carbocycles. The molecule has 0 amide bonds. The van der Waals surface area contributed by atoms with Gasteiger partial charge in [0.05, 0.1) is 17.3 Å². The minimum atomic E-state index is -3.63. The van der Waals surface area contributed by atoms with Crippen LogP contribution in [0, 0.1) is 0 Å². The Morgan fingerprint density at radius 2 is 1.95 bits per heavy atom. The summed E-state index contributed by atoms with van der Waals surface area (Å²) in [6, 6.07) is 9.83. The summed E-state index contributed by atoms with van der Waals surface area (Å²) in [6.45, 7) is 0.112. The van der Waals surface area contributed by atoms with Crippen molar-refractivity contribution in [1.29, 1.82) is 0 Å². The van der Waals surface area contributed by atoms with E-state index < -0.39 is 10.0 Å². The molecule has 1 aromatic carbocycles. The first kappa shape index (κ1) is 14.5. The van der Waals surface area contributed by atoms with Crippen molar-refractivity contribution in [3.63, 3.8) is 0 Å². The molecule has 2 rings (SSSR count). The monoisotopic (exact) mass is 360 g/mol. The predicted molar refractivity (Wildman–Crippen MR) is 77.4 cm³/mol. The van der Waals surface area contributed by atoms with Gasteiger partial charge in [-0.25, -0.2) is 13.1 Å². The van der Waals surface area contributed by atoms with Crippen molar-refractivity contribution in [3.05, 3.63) is 57.8 Å². The Balaban J connectivity index is 2.14. The zero-order valence-electron chi connectivity index (χ0n) is 9.68. The molecular weight excluding hydrogens is 352 g/mol. The molecule has 0 radical (unpaired) electrons. The van der Waals surface area contributed by atoms with Crippen LogP contribution in [0.1, 0.15) is 5.69 Å². The molecule has 0 aliphatic heterocycles. The Labute approximate surface area is 125 Å². The molecule has 1 heterocycles. The summed E-state index contributed by atoms with van der Waals surface area (Å²) in [4.78, 5) is 4.15. The van der Waals surface area contributed by atoms with Crippen LogP contribution in [-0.4, -0.2) is 13.4 Å². The highest BCUT2D eigenvalue weighted by molar-refractivity contribution is 9.10. The van der Waals surface area contributed by atoms with Crippen LogP contribution in [0.3, 0.4) is 0 Å². The van der Waals surface area contributed by atoms with Crippen molar-refractivity contribution in [2.24, 2.45) is 0 Å². The minimum absolute atomic E-state index is 0.0637. The lowest BCUT2D eigenvalue weighted by atomic mass is 10.4. The lowest BCUT2D eigenvalue weighted by molar-refractivity contribution is 0.580. The molecule has 4 nitrogen and oxygen atoms in total. The summed E-state index contributed by atoms with van der Waals surface area (Å²) in [5.41, 5.74) is 0.624. The molecule has 2 aromatic rings. The van der Waals surface area contributed by atoms with Gasteiger partial charge in [0.25, 0.3) is 0 Å². The van der Waals surface area contributed by atoms with E-state index in [1.807, 2.05) is 0 Å². The van der Waals surface area contributed by atoms with Crippen LogP contribution in [0.5, 0.6) is 0 Å². The van der Waals surface area contributed by atoms with Gasteiger partial charge in [-0.3, -0.25) is 4.98 Å². The number of nitrogens with zero attached hydrogens (tertiary/aromatic N) is 1. The molecule has 7 heteroatoms. The van der Waals surface area contributed by atoms with Gasteiger partial charge in [0.15, 0.2) is 0 Å². The third-order valence-corrected chi connectivity index (χ3v) is 4.73. The van der Waals surface area contributed by atoms with Crippen LogP contribution in [-0.2, 0) is 16.6 Å². The van der Waals surface area contributed by atoms with E-state index in [9.17, 15) is 8.42 Å². The van der Waals surface area contributed by atoms with Crippen LogP contribution in [0.2, 0.25) is 5.02 Å². The smallest absolute Gasteiger partial charge is 0.242 e. The molecular formula is C12H10BrClN2O2S. The van der Waals surface area contributed by atoms with Gasteiger partial charge >= 0.3 is 0 Å². The Morgan fingerprint density at radius 1 is 1.21 bits per heavy atom. The number of halogens is 2. The highest BCUT2D eigenvalue weighted by atomic mass is 79.9. The summed E-state index contributed by atoms with van der Waals surface area (Å²) < 4.78 is 27.4. The van der Waals surface area contributed by atoms with Crippen LogP contribution < -0.4 is 4.72 Å². The van der Waals surface area contributed by atoms with E-state index in [0.717, 1.165) is 4.47 Å². The summed E-state index contributed by atoms with van der Waals surface area (Å²) in [5.74, 6) is 0. The molecule has 19 heavy (non-hydrogen) atoms. The van der Waals surface area contributed by atoms with Gasteiger partial charge in [-0.15, -0.1) is 0 Å². The highest BCUT2D eigenvalue weighted by Gasteiger charge is 2.16. The third kappa shape index (κ3) is 3.76. The van der Waals surface area contributed by atoms with Crippen molar-refractivity contribution >= 4 is 37.6 Å². The molecule has 1 N–H and O–H groups in total. The van der Waals surface area contributed by atoms with Crippen LogP contribution in [0.15, 0.2) is 52.0 Å². The number of nitrogens with one attached hydrogen (secondary N) is 1. The fourth-order valence-corrected chi connectivity index (χ4v) is 3.17. The van der Waals surface area contributed by atoms with Crippen molar-refractivity contribution in [2.45, 2.75) is 11.4 Å². The van der Waals surface area contributed by atoms with Gasteiger partial charge in [-0.05, 0) is 40.2 Å². The van der Waals surface area contributed by atoms with Crippen molar-refractivity contribution < 1.29 is 8.42 Å². The Bertz CT molecular complexity index is 674. The number of sulfonamides is 1. The molecule has 0 spiro atoms. The fraction of sp³-hybridized carbons (Fsp3) is 0.0833. The Kier molecular flexibility index (Phi) is 4.57.